The molecule has 6 heteroatoms. The van der Waals surface area contributed by atoms with Crippen LogP contribution >= 0.6 is 0 Å². The van der Waals surface area contributed by atoms with Gasteiger partial charge in [-0.3, -0.25) is 4.79 Å². The fourth-order valence-corrected chi connectivity index (χ4v) is 4.26. The molecule has 0 saturated carbocycles. The Bertz CT molecular complexity index is 1310. The Morgan fingerprint density at radius 1 is 0.939 bits per heavy atom. The van der Waals surface area contributed by atoms with E-state index in [0.29, 0.717) is 22.6 Å². The summed E-state index contributed by atoms with van der Waals surface area (Å²) in [6, 6.07) is 23.6. The van der Waals surface area contributed by atoms with Crippen LogP contribution in [0.2, 0.25) is 0 Å². The molecule has 5 rings (SSSR count). The van der Waals surface area contributed by atoms with Gasteiger partial charge in [0.2, 0.25) is 0 Å². The first-order valence-electron chi connectivity index (χ1n) is 11.0. The van der Waals surface area contributed by atoms with Crippen LogP contribution in [0.3, 0.4) is 0 Å². The molecular formula is C27H23FN4O. The van der Waals surface area contributed by atoms with Crippen molar-refractivity contribution in [2.24, 2.45) is 0 Å². The third kappa shape index (κ3) is 4.75. The summed E-state index contributed by atoms with van der Waals surface area (Å²) in [7, 11) is 0. The lowest BCUT2D eigenvalue weighted by Crippen LogP contribution is -2.31. The summed E-state index contributed by atoms with van der Waals surface area (Å²) in [4.78, 5) is 21.5. The van der Waals surface area contributed by atoms with Crippen LogP contribution in [0.1, 0.15) is 40.4 Å². The number of anilines is 2. The highest BCUT2D eigenvalue weighted by Gasteiger charge is 2.22. The molecule has 0 fully saturated rings. The average molecular weight is 439 g/mol. The Morgan fingerprint density at radius 3 is 2.73 bits per heavy atom. The lowest BCUT2D eigenvalue weighted by atomic mass is 9.87. The lowest BCUT2D eigenvalue weighted by molar-refractivity contribution is 0.0933. The molecule has 33 heavy (non-hydrogen) atoms. The van der Waals surface area contributed by atoms with E-state index in [-0.39, 0.29) is 17.8 Å². The number of benzene rings is 3. The van der Waals surface area contributed by atoms with Crippen LogP contribution in [0.4, 0.5) is 15.9 Å². The van der Waals surface area contributed by atoms with Gasteiger partial charge in [-0.15, -0.1) is 0 Å². The van der Waals surface area contributed by atoms with Crippen molar-refractivity contribution < 1.29 is 9.18 Å². The molecular weight excluding hydrogens is 415 g/mol. The normalized spacial score (nSPS) is 14.9. The zero-order valence-electron chi connectivity index (χ0n) is 18.0. The molecule has 5 nitrogen and oxygen atoms in total. The molecule has 0 saturated heterocycles. The van der Waals surface area contributed by atoms with Gasteiger partial charge in [-0.05, 0) is 60.7 Å². The quantitative estimate of drug-likeness (QED) is 0.411. The van der Waals surface area contributed by atoms with Gasteiger partial charge in [0, 0.05) is 22.9 Å². The van der Waals surface area contributed by atoms with E-state index in [1.807, 2.05) is 24.3 Å². The first-order valence-corrected chi connectivity index (χ1v) is 11.0. The van der Waals surface area contributed by atoms with Gasteiger partial charge in [-0.2, -0.15) is 0 Å². The number of aryl methyl sites for hydroxylation is 1. The van der Waals surface area contributed by atoms with Crippen molar-refractivity contribution in [3.8, 4) is 11.3 Å². The minimum Gasteiger partial charge on any atom is -0.345 e. The Balaban J connectivity index is 1.32. The smallest absolute Gasteiger partial charge is 0.251 e. The fourth-order valence-electron chi connectivity index (χ4n) is 4.26. The number of amides is 1. The van der Waals surface area contributed by atoms with Crippen LogP contribution in [0.25, 0.3) is 11.3 Å². The molecule has 3 aromatic carbocycles. The van der Waals surface area contributed by atoms with E-state index in [1.54, 1.807) is 30.3 Å². The SMILES string of the molecule is O=C(N[C@@H]1CCCc2ccccc21)c1cccc(Nc2cc(-c3cccc(F)c3)ncn2)c1. The monoisotopic (exact) mass is 438 g/mol. The van der Waals surface area contributed by atoms with Crippen LogP contribution in [-0.2, 0) is 6.42 Å². The average Bonchev–Trinajstić information content (AvgIpc) is 2.85. The largest absolute Gasteiger partial charge is 0.345 e. The number of halogens is 1. The van der Waals surface area contributed by atoms with Crippen molar-refractivity contribution >= 4 is 17.4 Å². The van der Waals surface area contributed by atoms with Gasteiger partial charge < -0.3 is 10.6 Å². The minimum atomic E-state index is -0.320. The molecule has 1 heterocycles. The number of carbonyl (C=O) groups is 1. The van der Waals surface area contributed by atoms with Crippen molar-refractivity contribution in [2.45, 2.75) is 25.3 Å². The van der Waals surface area contributed by atoms with Crippen molar-refractivity contribution in [1.82, 2.24) is 15.3 Å². The molecule has 1 aliphatic rings. The number of hydrogen-bond acceptors (Lipinski definition) is 4. The van der Waals surface area contributed by atoms with Crippen LogP contribution < -0.4 is 10.6 Å². The highest BCUT2D eigenvalue weighted by Crippen LogP contribution is 2.30. The van der Waals surface area contributed by atoms with Crippen molar-refractivity contribution in [3.05, 3.63) is 108 Å². The lowest BCUT2D eigenvalue weighted by Gasteiger charge is -2.26. The summed E-state index contributed by atoms with van der Waals surface area (Å²) >= 11 is 0. The summed E-state index contributed by atoms with van der Waals surface area (Å²) in [6.07, 6.45) is 4.48. The van der Waals surface area contributed by atoms with Gasteiger partial charge in [0.1, 0.15) is 18.0 Å². The molecule has 0 aliphatic heterocycles. The second-order valence-corrected chi connectivity index (χ2v) is 8.12. The number of aromatic nitrogens is 2. The third-order valence-corrected chi connectivity index (χ3v) is 5.86. The molecule has 2 N–H and O–H groups in total. The van der Waals surface area contributed by atoms with Crippen molar-refractivity contribution in [2.75, 3.05) is 5.32 Å². The zero-order valence-corrected chi connectivity index (χ0v) is 18.0. The molecule has 1 aromatic heterocycles. The first-order chi connectivity index (χ1) is 16.2. The summed E-state index contributed by atoms with van der Waals surface area (Å²) in [5.74, 6) is 0.131. The second kappa shape index (κ2) is 9.20. The highest BCUT2D eigenvalue weighted by atomic mass is 19.1. The summed E-state index contributed by atoms with van der Waals surface area (Å²) in [5.41, 5.74) is 5.09. The molecule has 0 spiro atoms. The Labute approximate surface area is 191 Å². The maximum Gasteiger partial charge on any atom is 0.251 e. The van der Waals surface area contributed by atoms with E-state index < -0.39 is 0 Å². The molecule has 1 aliphatic carbocycles. The van der Waals surface area contributed by atoms with E-state index in [4.69, 9.17) is 0 Å². The molecule has 0 unspecified atom stereocenters. The van der Waals surface area contributed by atoms with Gasteiger partial charge >= 0.3 is 0 Å². The summed E-state index contributed by atoms with van der Waals surface area (Å²) in [6.45, 7) is 0. The highest BCUT2D eigenvalue weighted by molar-refractivity contribution is 5.95. The van der Waals surface area contributed by atoms with Crippen LogP contribution in [0.15, 0.2) is 85.2 Å². The summed E-state index contributed by atoms with van der Waals surface area (Å²) in [5, 5.41) is 6.41. The third-order valence-electron chi connectivity index (χ3n) is 5.86. The number of rotatable bonds is 5. The number of hydrogen-bond donors (Lipinski definition) is 2. The van der Waals surface area contributed by atoms with Gasteiger partial charge in [-0.1, -0.05) is 42.5 Å². The molecule has 164 valence electrons. The van der Waals surface area contributed by atoms with E-state index in [2.05, 4.69) is 32.7 Å². The zero-order chi connectivity index (χ0) is 22.6. The van der Waals surface area contributed by atoms with Crippen molar-refractivity contribution in [1.29, 1.82) is 0 Å². The molecule has 0 bridgehead atoms. The maximum atomic E-state index is 13.6. The van der Waals surface area contributed by atoms with E-state index in [1.165, 1.54) is 29.6 Å². The van der Waals surface area contributed by atoms with Crippen LogP contribution in [0.5, 0.6) is 0 Å². The molecule has 0 radical (unpaired) electrons. The molecule has 4 aromatic rings. The molecule has 1 amide bonds. The number of carbonyl (C=O) groups excluding carboxylic acids is 1. The van der Waals surface area contributed by atoms with Gasteiger partial charge in [0.05, 0.1) is 11.7 Å². The van der Waals surface area contributed by atoms with E-state index >= 15 is 0 Å². The van der Waals surface area contributed by atoms with Gasteiger partial charge in [0.15, 0.2) is 0 Å². The fraction of sp³-hybridized carbons (Fsp3) is 0.148. The topological polar surface area (TPSA) is 66.9 Å². The predicted molar refractivity (Wildman–Crippen MR) is 127 cm³/mol. The molecule has 1 atom stereocenters. The first kappa shape index (κ1) is 20.8. The van der Waals surface area contributed by atoms with Gasteiger partial charge in [0.25, 0.3) is 5.91 Å². The van der Waals surface area contributed by atoms with E-state index in [0.717, 1.165) is 24.9 Å². The van der Waals surface area contributed by atoms with Crippen LogP contribution in [-0.4, -0.2) is 15.9 Å². The maximum absolute atomic E-state index is 13.6. The predicted octanol–water partition coefficient (Wildman–Crippen LogP) is 5.83. The number of nitrogens with zero attached hydrogens (tertiary/aromatic N) is 2. The van der Waals surface area contributed by atoms with E-state index in [9.17, 15) is 9.18 Å². The van der Waals surface area contributed by atoms with Crippen LogP contribution in [0, 0.1) is 5.82 Å². The minimum absolute atomic E-state index is 0.0229. The number of nitrogens with one attached hydrogen (secondary N) is 2. The van der Waals surface area contributed by atoms with Crippen molar-refractivity contribution in [3.63, 3.8) is 0 Å². The van der Waals surface area contributed by atoms with Gasteiger partial charge in [-0.25, -0.2) is 14.4 Å². The Hall–Kier alpha value is -4.06. The Kier molecular flexibility index (Phi) is 5.81. The number of fused-ring (bicyclic) bond motifs is 1. The second-order valence-electron chi connectivity index (χ2n) is 8.12. The Morgan fingerprint density at radius 2 is 1.82 bits per heavy atom. The standard InChI is InChI=1S/C27H23FN4O/c28-21-10-3-8-19(14-21)25-16-26(30-17-29-25)31-22-11-4-9-20(15-22)27(33)32-24-13-5-7-18-6-1-2-12-23(18)24/h1-4,6,8-12,14-17,24H,5,7,13H2,(H,32,33)(H,29,30,31)/t24-/m1/s1. The summed E-state index contributed by atoms with van der Waals surface area (Å²) < 4.78 is 13.6.